The van der Waals surface area contributed by atoms with E-state index in [-0.39, 0.29) is 5.97 Å². The maximum absolute atomic E-state index is 11.8. The predicted octanol–water partition coefficient (Wildman–Crippen LogP) is 4.69. The molecule has 4 aromatic rings. The number of nitrogens with zero attached hydrogens (tertiary/aromatic N) is 2. The van der Waals surface area contributed by atoms with Crippen LogP contribution in [0.1, 0.15) is 27.2 Å². The third kappa shape index (κ3) is 3.47. The van der Waals surface area contributed by atoms with Crippen molar-refractivity contribution < 1.29 is 9.53 Å². The smallest absolute Gasteiger partial charge is 0.337 e. The van der Waals surface area contributed by atoms with E-state index in [4.69, 9.17) is 9.84 Å². The first-order valence-electron chi connectivity index (χ1n) is 8.86. The number of carbonyl (C=O) groups excluding carboxylic acids is 1. The molecule has 0 aliphatic rings. The van der Waals surface area contributed by atoms with Gasteiger partial charge in [0.05, 0.1) is 23.9 Å². The fourth-order valence-electron chi connectivity index (χ4n) is 3.34. The van der Waals surface area contributed by atoms with Gasteiger partial charge in [-0.15, -0.1) is 0 Å². The summed E-state index contributed by atoms with van der Waals surface area (Å²) in [5, 5.41) is 4.82. The van der Waals surface area contributed by atoms with Gasteiger partial charge in [0, 0.05) is 17.7 Å². The van der Waals surface area contributed by atoms with Crippen molar-refractivity contribution in [1.82, 2.24) is 9.61 Å². The largest absolute Gasteiger partial charge is 0.465 e. The number of esters is 1. The Labute approximate surface area is 158 Å². The maximum atomic E-state index is 11.8. The van der Waals surface area contributed by atoms with Crippen LogP contribution in [-0.4, -0.2) is 22.7 Å². The fourth-order valence-corrected chi connectivity index (χ4v) is 3.34. The van der Waals surface area contributed by atoms with Crippen LogP contribution in [0.4, 0.5) is 0 Å². The summed E-state index contributed by atoms with van der Waals surface area (Å²) in [6, 6.07) is 24.1. The maximum Gasteiger partial charge on any atom is 0.337 e. The van der Waals surface area contributed by atoms with Gasteiger partial charge in [-0.2, -0.15) is 5.10 Å². The normalized spacial score (nSPS) is 10.9. The monoisotopic (exact) mass is 356 g/mol. The van der Waals surface area contributed by atoms with Crippen LogP contribution in [0.5, 0.6) is 0 Å². The molecular weight excluding hydrogens is 336 g/mol. The molecule has 27 heavy (non-hydrogen) atoms. The van der Waals surface area contributed by atoms with Crippen LogP contribution in [-0.2, 0) is 11.2 Å². The first kappa shape index (κ1) is 17.0. The molecule has 0 bridgehead atoms. The molecule has 0 amide bonds. The quantitative estimate of drug-likeness (QED) is 0.498. The first-order chi connectivity index (χ1) is 13.1. The minimum atomic E-state index is -0.323. The molecule has 134 valence electrons. The number of pyridine rings is 1. The summed E-state index contributed by atoms with van der Waals surface area (Å²) in [6.45, 7) is 2.09. The van der Waals surface area contributed by atoms with Crippen LogP contribution in [0.2, 0.25) is 0 Å². The number of aryl methyl sites for hydroxylation is 1. The Bertz CT molecular complexity index is 1110. The highest BCUT2D eigenvalue weighted by Crippen LogP contribution is 2.23. The molecule has 2 aromatic heterocycles. The van der Waals surface area contributed by atoms with Gasteiger partial charge in [-0.3, -0.25) is 0 Å². The summed E-state index contributed by atoms with van der Waals surface area (Å²) in [5.41, 5.74) is 6.97. The van der Waals surface area contributed by atoms with Crippen LogP contribution in [0, 0.1) is 6.92 Å². The van der Waals surface area contributed by atoms with Gasteiger partial charge in [-0.25, -0.2) is 9.31 Å². The minimum absolute atomic E-state index is 0.323. The summed E-state index contributed by atoms with van der Waals surface area (Å²) < 4.78 is 6.81. The molecule has 0 saturated carbocycles. The lowest BCUT2D eigenvalue weighted by Gasteiger charge is -2.08. The lowest BCUT2D eigenvalue weighted by atomic mass is 10.0. The minimum Gasteiger partial charge on any atom is -0.465 e. The SMILES string of the molecule is COC(=O)c1cccc(Cc2cc(C)cc3cc(-c4ccccc4)nn23)c1. The van der Waals surface area contributed by atoms with Crippen molar-refractivity contribution >= 4 is 11.5 Å². The number of methoxy groups -OCH3 is 1. The molecule has 0 radical (unpaired) electrons. The summed E-state index contributed by atoms with van der Waals surface area (Å²) in [5.74, 6) is -0.323. The van der Waals surface area contributed by atoms with Gasteiger partial charge in [0.25, 0.3) is 0 Å². The standard InChI is InChI=1S/C23H20N2O2/c1-16-11-20(14-17-7-6-10-19(13-17)23(26)27-2)25-21(12-16)15-22(24-25)18-8-4-3-5-9-18/h3-13,15H,14H2,1-2H3. The van der Waals surface area contributed by atoms with Crippen LogP contribution in [0.15, 0.2) is 72.8 Å². The molecule has 0 fully saturated rings. The molecule has 0 aliphatic heterocycles. The molecule has 0 N–H and O–H groups in total. The molecule has 0 aliphatic carbocycles. The number of ether oxygens (including phenoxy) is 1. The Hall–Kier alpha value is -3.40. The van der Waals surface area contributed by atoms with Crippen molar-refractivity contribution in [2.45, 2.75) is 13.3 Å². The molecule has 0 spiro atoms. The van der Waals surface area contributed by atoms with Crippen molar-refractivity contribution in [2.24, 2.45) is 0 Å². The Morgan fingerprint density at radius 1 is 1.00 bits per heavy atom. The fraction of sp³-hybridized carbons (Fsp3) is 0.130. The Balaban J connectivity index is 1.76. The molecule has 4 heteroatoms. The average Bonchev–Trinajstić information content (AvgIpc) is 3.12. The summed E-state index contributed by atoms with van der Waals surface area (Å²) in [4.78, 5) is 11.8. The number of aromatic nitrogens is 2. The van der Waals surface area contributed by atoms with Crippen LogP contribution in [0.3, 0.4) is 0 Å². The van der Waals surface area contributed by atoms with Crippen LogP contribution < -0.4 is 0 Å². The molecular formula is C23H20N2O2. The van der Waals surface area contributed by atoms with Gasteiger partial charge in [0.2, 0.25) is 0 Å². The van der Waals surface area contributed by atoms with E-state index in [2.05, 4.69) is 37.3 Å². The average molecular weight is 356 g/mol. The van der Waals surface area contributed by atoms with Crippen molar-refractivity contribution in [3.63, 3.8) is 0 Å². The van der Waals surface area contributed by atoms with Gasteiger partial charge < -0.3 is 4.74 Å². The number of rotatable bonds is 4. The number of benzene rings is 2. The summed E-state index contributed by atoms with van der Waals surface area (Å²) in [6.07, 6.45) is 0.679. The zero-order valence-corrected chi connectivity index (χ0v) is 15.3. The van der Waals surface area contributed by atoms with Crippen molar-refractivity contribution in [3.05, 3.63) is 95.2 Å². The highest BCUT2D eigenvalue weighted by atomic mass is 16.5. The van der Waals surface area contributed by atoms with E-state index in [1.807, 2.05) is 40.9 Å². The topological polar surface area (TPSA) is 43.6 Å². The zero-order valence-electron chi connectivity index (χ0n) is 15.3. The molecule has 0 atom stereocenters. The number of fused-ring (bicyclic) bond motifs is 1. The Morgan fingerprint density at radius 2 is 1.81 bits per heavy atom. The van der Waals surface area contributed by atoms with Crippen molar-refractivity contribution in [2.75, 3.05) is 7.11 Å². The van der Waals surface area contributed by atoms with Crippen molar-refractivity contribution in [3.8, 4) is 11.3 Å². The lowest BCUT2D eigenvalue weighted by molar-refractivity contribution is 0.0600. The van der Waals surface area contributed by atoms with Gasteiger partial charge >= 0.3 is 5.97 Å². The Morgan fingerprint density at radius 3 is 2.59 bits per heavy atom. The number of carbonyl (C=O) groups is 1. The molecule has 0 unspecified atom stereocenters. The molecule has 0 saturated heterocycles. The van der Waals surface area contributed by atoms with Gasteiger partial charge in [-0.1, -0.05) is 42.5 Å². The first-order valence-corrected chi connectivity index (χ1v) is 8.86. The number of hydrogen-bond donors (Lipinski definition) is 0. The highest BCUT2D eigenvalue weighted by Gasteiger charge is 2.11. The van der Waals surface area contributed by atoms with E-state index in [0.29, 0.717) is 12.0 Å². The summed E-state index contributed by atoms with van der Waals surface area (Å²) in [7, 11) is 1.40. The summed E-state index contributed by atoms with van der Waals surface area (Å²) >= 11 is 0. The predicted molar refractivity (Wildman–Crippen MR) is 106 cm³/mol. The molecule has 4 rings (SSSR count). The van der Waals surface area contributed by atoms with E-state index in [1.165, 1.54) is 12.7 Å². The van der Waals surface area contributed by atoms with E-state index in [9.17, 15) is 4.79 Å². The van der Waals surface area contributed by atoms with E-state index < -0.39 is 0 Å². The van der Waals surface area contributed by atoms with Crippen LogP contribution >= 0.6 is 0 Å². The second kappa shape index (κ2) is 7.08. The van der Waals surface area contributed by atoms with E-state index in [0.717, 1.165) is 28.0 Å². The Kier molecular flexibility index (Phi) is 4.47. The lowest BCUT2D eigenvalue weighted by Crippen LogP contribution is -2.04. The molecule has 2 aromatic carbocycles. The third-order valence-corrected chi connectivity index (χ3v) is 4.58. The number of hydrogen-bond acceptors (Lipinski definition) is 3. The molecule has 2 heterocycles. The van der Waals surface area contributed by atoms with Gasteiger partial charge in [-0.05, 0) is 48.4 Å². The third-order valence-electron chi connectivity index (χ3n) is 4.58. The van der Waals surface area contributed by atoms with E-state index >= 15 is 0 Å². The highest BCUT2D eigenvalue weighted by molar-refractivity contribution is 5.89. The van der Waals surface area contributed by atoms with Crippen molar-refractivity contribution in [1.29, 1.82) is 0 Å². The second-order valence-corrected chi connectivity index (χ2v) is 6.63. The second-order valence-electron chi connectivity index (χ2n) is 6.63. The molecule has 4 nitrogen and oxygen atoms in total. The van der Waals surface area contributed by atoms with Gasteiger partial charge in [0.1, 0.15) is 0 Å². The zero-order chi connectivity index (χ0) is 18.8. The van der Waals surface area contributed by atoms with Crippen LogP contribution in [0.25, 0.3) is 16.8 Å². The van der Waals surface area contributed by atoms with E-state index in [1.54, 1.807) is 6.07 Å². The van der Waals surface area contributed by atoms with Gasteiger partial charge in [0.15, 0.2) is 0 Å².